The highest BCUT2D eigenvalue weighted by molar-refractivity contribution is 5.88. The first-order valence-corrected chi connectivity index (χ1v) is 13.8. The molecule has 0 radical (unpaired) electrons. The van der Waals surface area contributed by atoms with Gasteiger partial charge in [0, 0.05) is 31.0 Å². The quantitative estimate of drug-likeness (QED) is 0.409. The Morgan fingerprint density at radius 1 is 1.21 bits per heavy atom. The van der Waals surface area contributed by atoms with Crippen LogP contribution in [0.1, 0.15) is 62.1 Å². The van der Waals surface area contributed by atoms with Crippen LogP contribution in [0.15, 0.2) is 42.5 Å². The molecule has 1 fully saturated rings. The van der Waals surface area contributed by atoms with E-state index in [1.807, 2.05) is 0 Å². The number of terminal acetylenes is 1. The van der Waals surface area contributed by atoms with Gasteiger partial charge >= 0.3 is 0 Å². The SMILES string of the molecule is C#CCC1NC(=O)CCCCOc2cc(F)cc(c2)CC(C(O)CNC2(c3cccc(CC)c3)CC2)NC1=O. The summed E-state index contributed by atoms with van der Waals surface area (Å²) in [6, 6.07) is 11.2. The van der Waals surface area contributed by atoms with Crippen LogP contribution in [0.5, 0.6) is 5.75 Å². The molecule has 3 unspecified atom stereocenters. The molecule has 2 aliphatic rings. The summed E-state index contributed by atoms with van der Waals surface area (Å²) in [6.45, 7) is 2.66. The van der Waals surface area contributed by atoms with E-state index in [4.69, 9.17) is 11.2 Å². The third-order valence-electron chi connectivity index (χ3n) is 7.51. The minimum atomic E-state index is -0.994. The fourth-order valence-corrected chi connectivity index (χ4v) is 5.04. The van der Waals surface area contributed by atoms with Crippen LogP contribution >= 0.6 is 0 Å². The number of ether oxygens (including phenoxy) is 1. The van der Waals surface area contributed by atoms with E-state index in [1.165, 1.54) is 23.3 Å². The molecule has 2 bridgehead atoms. The Bertz CT molecular complexity index is 1210. The minimum Gasteiger partial charge on any atom is -0.493 e. The van der Waals surface area contributed by atoms with Crippen LogP contribution in [0.25, 0.3) is 0 Å². The van der Waals surface area contributed by atoms with Crippen molar-refractivity contribution < 1.29 is 23.8 Å². The van der Waals surface area contributed by atoms with Crippen LogP contribution in [-0.4, -0.2) is 48.3 Å². The van der Waals surface area contributed by atoms with Crippen molar-refractivity contribution in [3.8, 4) is 18.1 Å². The first-order valence-electron chi connectivity index (χ1n) is 13.8. The smallest absolute Gasteiger partial charge is 0.243 e. The van der Waals surface area contributed by atoms with Crippen LogP contribution in [0.3, 0.4) is 0 Å². The molecule has 1 aliphatic carbocycles. The van der Waals surface area contributed by atoms with Gasteiger partial charge in [-0.15, -0.1) is 12.3 Å². The highest BCUT2D eigenvalue weighted by atomic mass is 19.1. The number of fused-ring (bicyclic) bond motifs is 2. The zero-order chi connectivity index (χ0) is 27.8. The third kappa shape index (κ3) is 7.81. The van der Waals surface area contributed by atoms with Crippen LogP contribution < -0.4 is 20.7 Å². The molecule has 1 saturated carbocycles. The van der Waals surface area contributed by atoms with Crippen molar-refractivity contribution in [3.05, 3.63) is 65.0 Å². The molecule has 2 aromatic rings. The van der Waals surface area contributed by atoms with Gasteiger partial charge in [0.1, 0.15) is 17.6 Å². The maximum Gasteiger partial charge on any atom is 0.243 e. The molecule has 2 amide bonds. The molecule has 1 heterocycles. The normalized spacial score (nSPS) is 22.2. The van der Waals surface area contributed by atoms with E-state index in [0.717, 1.165) is 19.3 Å². The van der Waals surface area contributed by atoms with Crippen LogP contribution in [0, 0.1) is 18.2 Å². The maximum absolute atomic E-state index is 14.5. The van der Waals surface area contributed by atoms with Crippen molar-refractivity contribution in [2.75, 3.05) is 13.2 Å². The molecule has 8 heteroatoms. The lowest BCUT2D eigenvalue weighted by Crippen LogP contribution is -2.55. The Kier molecular flexibility index (Phi) is 9.60. The number of carbonyl (C=O) groups excluding carboxylic acids is 2. The fraction of sp³-hybridized carbons (Fsp3) is 0.484. The van der Waals surface area contributed by atoms with Crippen molar-refractivity contribution >= 4 is 11.8 Å². The third-order valence-corrected chi connectivity index (χ3v) is 7.51. The van der Waals surface area contributed by atoms with Gasteiger partial charge in [-0.2, -0.15) is 0 Å². The Morgan fingerprint density at radius 3 is 2.77 bits per heavy atom. The number of amides is 2. The number of rotatable bonds is 7. The van der Waals surface area contributed by atoms with Gasteiger partial charge in [-0.25, -0.2) is 4.39 Å². The van der Waals surface area contributed by atoms with E-state index >= 15 is 0 Å². The number of hydrogen-bond acceptors (Lipinski definition) is 5. The molecule has 3 atom stereocenters. The van der Waals surface area contributed by atoms with Gasteiger partial charge in [0.15, 0.2) is 0 Å². The van der Waals surface area contributed by atoms with Gasteiger partial charge in [-0.1, -0.05) is 31.2 Å². The van der Waals surface area contributed by atoms with Crippen LogP contribution in [-0.2, 0) is 28.0 Å². The summed E-state index contributed by atoms with van der Waals surface area (Å²) in [7, 11) is 0. The Labute approximate surface area is 229 Å². The van der Waals surface area contributed by atoms with Gasteiger partial charge < -0.3 is 25.8 Å². The van der Waals surface area contributed by atoms with Crippen LogP contribution in [0.2, 0.25) is 0 Å². The largest absolute Gasteiger partial charge is 0.493 e. The van der Waals surface area contributed by atoms with E-state index < -0.39 is 29.9 Å². The minimum absolute atomic E-state index is 0.0166. The molecular formula is C31H38FN3O4. The summed E-state index contributed by atoms with van der Waals surface area (Å²) in [5, 5.41) is 20.4. The summed E-state index contributed by atoms with van der Waals surface area (Å²) in [5.41, 5.74) is 2.80. The number of hydrogen-bond donors (Lipinski definition) is 4. The molecule has 208 valence electrons. The highest BCUT2D eigenvalue weighted by Crippen LogP contribution is 2.45. The fourth-order valence-electron chi connectivity index (χ4n) is 5.04. The summed E-state index contributed by atoms with van der Waals surface area (Å²) in [4.78, 5) is 25.7. The predicted molar refractivity (Wildman–Crippen MR) is 148 cm³/mol. The number of halogens is 1. The van der Waals surface area contributed by atoms with E-state index in [-0.39, 0.29) is 37.3 Å². The van der Waals surface area contributed by atoms with E-state index in [2.05, 4.69) is 53.1 Å². The van der Waals surface area contributed by atoms with Gasteiger partial charge in [0.05, 0.1) is 18.8 Å². The van der Waals surface area contributed by atoms with Gasteiger partial charge in [-0.05, 0) is 67.3 Å². The summed E-state index contributed by atoms with van der Waals surface area (Å²) < 4.78 is 20.2. The molecule has 0 spiro atoms. The lowest BCUT2D eigenvalue weighted by molar-refractivity contribution is -0.129. The van der Waals surface area contributed by atoms with E-state index in [0.29, 0.717) is 30.8 Å². The molecule has 7 nitrogen and oxygen atoms in total. The summed E-state index contributed by atoms with van der Waals surface area (Å²) >= 11 is 0. The second kappa shape index (κ2) is 13.1. The molecule has 0 saturated heterocycles. The van der Waals surface area contributed by atoms with Crippen molar-refractivity contribution in [2.24, 2.45) is 0 Å². The lowest BCUT2D eigenvalue weighted by atomic mass is 9.98. The molecule has 0 aromatic heterocycles. The number of nitrogens with one attached hydrogen (secondary N) is 3. The summed E-state index contributed by atoms with van der Waals surface area (Å²) in [5.74, 6) is 1.60. The standard InChI is InChI=1S/C31H38FN3O4/c1-3-8-26-30(38)35-27(28(36)20-33-31(12-13-31)23-10-7-9-21(4-2)15-23)18-22-16-24(32)19-25(17-22)39-14-6-5-11-29(37)34-26/h1,7,9-10,15-17,19,26-28,33,36H,4-6,8,11-14,18,20H2,2H3,(H,34,37)(H,35,38). The van der Waals surface area contributed by atoms with E-state index in [9.17, 15) is 19.1 Å². The number of carbonyl (C=O) groups is 2. The second-order valence-corrected chi connectivity index (χ2v) is 10.5. The molecule has 39 heavy (non-hydrogen) atoms. The average molecular weight is 536 g/mol. The molecule has 1 aliphatic heterocycles. The van der Waals surface area contributed by atoms with Crippen molar-refractivity contribution in [1.29, 1.82) is 0 Å². The average Bonchev–Trinajstić information content (AvgIpc) is 3.71. The molecule has 2 aromatic carbocycles. The van der Waals surface area contributed by atoms with Crippen LogP contribution in [0.4, 0.5) is 4.39 Å². The topological polar surface area (TPSA) is 99.7 Å². The number of aliphatic hydroxyl groups excluding tert-OH is 1. The van der Waals surface area contributed by atoms with Gasteiger partial charge in [-0.3, -0.25) is 9.59 Å². The Hall–Kier alpha value is -3.41. The zero-order valence-corrected chi connectivity index (χ0v) is 22.5. The second-order valence-electron chi connectivity index (χ2n) is 10.5. The first-order chi connectivity index (χ1) is 18.8. The van der Waals surface area contributed by atoms with Gasteiger partial charge in [0.2, 0.25) is 11.8 Å². The Balaban J connectivity index is 1.55. The lowest BCUT2D eigenvalue weighted by Gasteiger charge is -2.29. The van der Waals surface area contributed by atoms with Crippen molar-refractivity contribution in [1.82, 2.24) is 16.0 Å². The molecule has 4 N–H and O–H groups in total. The maximum atomic E-state index is 14.5. The van der Waals surface area contributed by atoms with E-state index in [1.54, 1.807) is 6.07 Å². The Morgan fingerprint density at radius 2 is 2.03 bits per heavy atom. The number of aryl methyl sites for hydroxylation is 1. The molecule has 4 rings (SSSR count). The van der Waals surface area contributed by atoms with Gasteiger partial charge in [0.25, 0.3) is 0 Å². The zero-order valence-electron chi connectivity index (χ0n) is 22.5. The highest BCUT2D eigenvalue weighted by Gasteiger charge is 2.44. The first kappa shape index (κ1) is 28.6. The number of aliphatic hydroxyl groups is 1. The van der Waals surface area contributed by atoms with Crippen molar-refractivity contribution in [2.45, 2.75) is 82.0 Å². The summed E-state index contributed by atoms with van der Waals surface area (Å²) in [6.07, 6.45) is 8.87. The van der Waals surface area contributed by atoms with Crippen molar-refractivity contribution in [3.63, 3.8) is 0 Å². The monoisotopic (exact) mass is 535 g/mol. The molecular weight excluding hydrogens is 497 g/mol. The predicted octanol–water partition coefficient (Wildman–Crippen LogP) is 3.13. The number of benzene rings is 2.